The summed E-state index contributed by atoms with van der Waals surface area (Å²) in [7, 11) is 2.02. The highest BCUT2D eigenvalue weighted by Crippen LogP contribution is 2.27. The zero-order chi connectivity index (χ0) is 12.1. The zero-order valence-corrected chi connectivity index (χ0v) is 11.0. The fourth-order valence-corrected chi connectivity index (χ4v) is 2.57. The Kier molecular flexibility index (Phi) is 4.69. The van der Waals surface area contributed by atoms with Crippen molar-refractivity contribution in [2.24, 2.45) is 5.92 Å². The summed E-state index contributed by atoms with van der Waals surface area (Å²) < 4.78 is 5.96. The lowest BCUT2D eigenvalue weighted by atomic mass is 9.87. The maximum absolute atomic E-state index is 5.96. The molecule has 0 atom stereocenters. The Labute approximate surface area is 108 Å². The molecule has 1 fully saturated rings. The van der Waals surface area contributed by atoms with Crippen LogP contribution in [0, 0.1) is 5.92 Å². The van der Waals surface area contributed by atoms with Crippen LogP contribution in [0.4, 0.5) is 0 Å². The Morgan fingerprint density at radius 3 is 2.41 bits per heavy atom. The second kappa shape index (κ2) is 6.27. The van der Waals surface area contributed by atoms with E-state index in [-0.39, 0.29) is 0 Å². The van der Waals surface area contributed by atoms with E-state index >= 15 is 0 Å². The fraction of sp³-hybridized carbons (Fsp3) is 0.571. The van der Waals surface area contributed by atoms with Crippen LogP contribution < -0.4 is 10.1 Å². The highest BCUT2D eigenvalue weighted by molar-refractivity contribution is 6.30. The minimum atomic E-state index is 0.379. The lowest BCUT2D eigenvalue weighted by Gasteiger charge is -2.28. The van der Waals surface area contributed by atoms with Gasteiger partial charge in [-0.25, -0.2) is 0 Å². The number of ether oxygens (including phenoxy) is 1. The highest BCUT2D eigenvalue weighted by Gasteiger charge is 2.21. The van der Waals surface area contributed by atoms with Crippen LogP contribution in [-0.4, -0.2) is 19.7 Å². The van der Waals surface area contributed by atoms with E-state index in [1.807, 2.05) is 31.3 Å². The van der Waals surface area contributed by atoms with Crippen molar-refractivity contribution in [3.05, 3.63) is 29.3 Å². The lowest BCUT2D eigenvalue weighted by Crippen LogP contribution is -2.28. The van der Waals surface area contributed by atoms with Crippen molar-refractivity contribution in [2.75, 3.05) is 13.6 Å². The number of halogens is 1. The summed E-state index contributed by atoms with van der Waals surface area (Å²) in [6, 6.07) is 7.65. The smallest absolute Gasteiger partial charge is 0.119 e. The van der Waals surface area contributed by atoms with Gasteiger partial charge >= 0.3 is 0 Å². The first kappa shape index (κ1) is 12.7. The van der Waals surface area contributed by atoms with E-state index in [4.69, 9.17) is 16.3 Å². The summed E-state index contributed by atoms with van der Waals surface area (Å²) in [5, 5.41) is 4.01. The van der Waals surface area contributed by atoms with Crippen LogP contribution in [-0.2, 0) is 0 Å². The molecule has 0 bridgehead atoms. The quantitative estimate of drug-likeness (QED) is 0.887. The number of hydrogen-bond donors (Lipinski definition) is 1. The molecule has 0 aliphatic heterocycles. The van der Waals surface area contributed by atoms with Gasteiger partial charge in [0.1, 0.15) is 5.75 Å². The van der Waals surface area contributed by atoms with Crippen LogP contribution >= 0.6 is 11.6 Å². The maximum atomic E-state index is 5.96. The summed E-state index contributed by atoms with van der Waals surface area (Å²) in [4.78, 5) is 0. The van der Waals surface area contributed by atoms with E-state index in [9.17, 15) is 0 Å². The van der Waals surface area contributed by atoms with Crippen LogP contribution in [0.15, 0.2) is 24.3 Å². The van der Waals surface area contributed by atoms with E-state index in [1.54, 1.807) is 0 Å². The van der Waals surface area contributed by atoms with Gasteiger partial charge in [-0.2, -0.15) is 0 Å². The molecular formula is C14H20ClNO. The van der Waals surface area contributed by atoms with Gasteiger partial charge in [0.15, 0.2) is 0 Å². The highest BCUT2D eigenvalue weighted by atomic mass is 35.5. The minimum absolute atomic E-state index is 0.379. The van der Waals surface area contributed by atoms with E-state index in [2.05, 4.69) is 5.32 Å². The van der Waals surface area contributed by atoms with Crippen LogP contribution in [0.2, 0.25) is 5.02 Å². The van der Waals surface area contributed by atoms with E-state index < -0.39 is 0 Å². The molecule has 1 aromatic carbocycles. The van der Waals surface area contributed by atoms with Gasteiger partial charge in [0.2, 0.25) is 0 Å². The number of benzene rings is 1. The Hall–Kier alpha value is -0.730. The third kappa shape index (κ3) is 3.90. The van der Waals surface area contributed by atoms with Gasteiger partial charge in [0.05, 0.1) is 6.10 Å². The molecule has 1 aliphatic rings. The third-order valence-electron chi connectivity index (χ3n) is 3.40. The Morgan fingerprint density at radius 1 is 1.18 bits per heavy atom. The number of nitrogens with one attached hydrogen (secondary N) is 1. The van der Waals surface area contributed by atoms with Gasteiger partial charge in [-0.3, -0.25) is 0 Å². The summed E-state index contributed by atoms with van der Waals surface area (Å²) in [6.45, 7) is 1.13. The monoisotopic (exact) mass is 253 g/mol. The van der Waals surface area contributed by atoms with Crippen molar-refractivity contribution < 1.29 is 4.74 Å². The van der Waals surface area contributed by atoms with Gasteiger partial charge in [-0.15, -0.1) is 0 Å². The van der Waals surface area contributed by atoms with Gasteiger partial charge in [-0.1, -0.05) is 11.6 Å². The largest absolute Gasteiger partial charge is 0.490 e. The molecule has 0 unspecified atom stereocenters. The fourth-order valence-electron chi connectivity index (χ4n) is 2.45. The van der Waals surface area contributed by atoms with Crippen molar-refractivity contribution in [1.29, 1.82) is 0 Å². The van der Waals surface area contributed by atoms with Gasteiger partial charge < -0.3 is 10.1 Å². The van der Waals surface area contributed by atoms with Crippen LogP contribution in [0.25, 0.3) is 0 Å². The molecule has 1 aromatic rings. The molecule has 0 amide bonds. The first-order valence-electron chi connectivity index (χ1n) is 6.34. The zero-order valence-electron chi connectivity index (χ0n) is 10.3. The molecule has 2 rings (SSSR count). The SMILES string of the molecule is CNCC1CCC(Oc2ccc(Cl)cc2)CC1. The molecule has 0 spiro atoms. The molecule has 0 saturated heterocycles. The average molecular weight is 254 g/mol. The molecule has 1 aliphatic carbocycles. The van der Waals surface area contributed by atoms with E-state index in [1.165, 1.54) is 12.8 Å². The topological polar surface area (TPSA) is 21.3 Å². The van der Waals surface area contributed by atoms with Crippen molar-refractivity contribution in [2.45, 2.75) is 31.8 Å². The van der Waals surface area contributed by atoms with Crippen LogP contribution in [0.3, 0.4) is 0 Å². The van der Waals surface area contributed by atoms with E-state index in [0.717, 1.165) is 36.1 Å². The molecular weight excluding hydrogens is 234 g/mol. The molecule has 1 N–H and O–H groups in total. The average Bonchev–Trinajstić information content (AvgIpc) is 2.35. The van der Waals surface area contributed by atoms with E-state index in [0.29, 0.717) is 6.10 Å². The predicted molar refractivity (Wildman–Crippen MR) is 71.8 cm³/mol. The lowest BCUT2D eigenvalue weighted by molar-refractivity contribution is 0.131. The second-order valence-corrected chi connectivity index (χ2v) is 5.21. The number of hydrogen-bond acceptors (Lipinski definition) is 2. The maximum Gasteiger partial charge on any atom is 0.119 e. The standard InChI is InChI=1S/C14H20ClNO/c1-16-10-11-2-6-13(7-3-11)17-14-8-4-12(15)5-9-14/h4-5,8-9,11,13,16H,2-3,6-7,10H2,1H3. The molecule has 0 radical (unpaired) electrons. The summed E-state index contributed by atoms with van der Waals surface area (Å²) >= 11 is 5.85. The van der Waals surface area contributed by atoms with Gasteiger partial charge in [0.25, 0.3) is 0 Å². The van der Waals surface area contributed by atoms with Crippen molar-refractivity contribution in [3.63, 3.8) is 0 Å². The van der Waals surface area contributed by atoms with Crippen molar-refractivity contribution >= 4 is 11.6 Å². The van der Waals surface area contributed by atoms with Crippen LogP contribution in [0.1, 0.15) is 25.7 Å². The third-order valence-corrected chi connectivity index (χ3v) is 3.65. The number of rotatable bonds is 4. The molecule has 17 heavy (non-hydrogen) atoms. The van der Waals surface area contributed by atoms with Crippen molar-refractivity contribution in [3.8, 4) is 5.75 Å². The Bertz CT molecular complexity index is 331. The first-order valence-corrected chi connectivity index (χ1v) is 6.72. The Morgan fingerprint density at radius 2 is 1.82 bits per heavy atom. The van der Waals surface area contributed by atoms with Gasteiger partial charge in [-0.05, 0) is 69.5 Å². The summed E-state index contributed by atoms with van der Waals surface area (Å²) in [5.41, 5.74) is 0. The molecule has 3 heteroatoms. The minimum Gasteiger partial charge on any atom is -0.490 e. The normalized spacial score (nSPS) is 24.6. The van der Waals surface area contributed by atoms with Crippen LogP contribution in [0.5, 0.6) is 5.75 Å². The molecule has 0 aromatic heterocycles. The second-order valence-electron chi connectivity index (χ2n) is 4.77. The first-order chi connectivity index (χ1) is 8.28. The summed E-state index contributed by atoms with van der Waals surface area (Å²) in [6.07, 6.45) is 5.23. The molecule has 0 heterocycles. The molecule has 2 nitrogen and oxygen atoms in total. The summed E-state index contributed by atoms with van der Waals surface area (Å²) in [5.74, 6) is 1.76. The van der Waals surface area contributed by atoms with Crippen molar-refractivity contribution in [1.82, 2.24) is 5.32 Å². The predicted octanol–water partition coefficient (Wildman–Crippen LogP) is 3.50. The van der Waals surface area contributed by atoms with Gasteiger partial charge in [0, 0.05) is 5.02 Å². The Balaban J connectivity index is 1.79. The molecule has 94 valence electrons. The molecule has 1 saturated carbocycles.